The van der Waals surface area contributed by atoms with Gasteiger partial charge in [0.15, 0.2) is 0 Å². The predicted octanol–water partition coefficient (Wildman–Crippen LogP) is 2.28. The number of benzene rings is 1. The van der Waals surface area contributed by atoms with E-state index in [2.05, 4.69) is 19.5 Å². The molecule has 10 nitrogen and oxygen atoms in total. The van der Waals surface area contributed by atoms with Gasteiger partial charge in [0.25, 0.3) is 0 Å². The van der Waals surface area contributed by atoms with Crippen LogP contribution in [0.15, 0.2) is 42.9 Å². The van der Waals surface area contributed by atoms with Gasteiger partial charge in [0.2, 0.25) is 5.78 Å². The van der Waals surface area contributed by atoms with Crippen molar-refractivity contribution in [2.75, 3.05) is 11.9 Å². The maximum absolute atomic E-state index is 13.4. The van der Waals surface area contributed by atoms with Crippen molar-refractivity contribution in [2.45, 2.75) is 38.0 Å². The van der Waals surface area contributed by atoms with Crippen LogP contribution in [0.3, 0.4) is 0 Å². The number of nitrogens with one attached hydrogen (secondary N) is 1. The largest absolute Gasteiger partial charge is 0.393 e. The Kier molecular flexibility index (Phi) is 8.35. The van der Waals surface area contributed by atoms with Crippen molar-refractivity contribution < 1.29 is 27.6 Å². The van der Waals surface area contributed by atoms with E-state index in [1.54, 1.807) is 12.1 Å². The van der Waals surface area contributed by atoms with Crippen LogP contribution in [-0.4, -0.2) is 53.1 Å². The van der Waals surface area contributed by atoms with Crippen LogP contribution < -0.4 is 10.5 Å². The van der Waals surface area contributed by atoms with Crippen molar-refractivity contribution >= 4 is 44.8 Å². The average molecular weight is 553 g/mol. The van der Waals surface area contributed by atoms with E-state index < -0.39 is 22.3 Å². The van der Waals surface area contributed by atoms with Gasteiger partial charge in [0.05, 0.1) is 29.8 Å². The van der Waals surface area contributed by atoms with Crippen molar-refractivity contribution in [3.63, 3.8) is 0 Å². The lowest BCUT2D eigenvalue weighted by Crippen LogP contribution is -2.24. The first-order chi connectivity index (χ1) is 17.1. The van der Waals surface area contributed by atoms with Crippen LogP contribution in [0.4, 0.5) is 5.82 Å². The summed E-state index contributed by atoms with van der Waals surface area (Å²) in [6.07, 6.45) is 3.14. The topological polar surface area (TPSA) is 165 Å². The lowest BCUT2D eigenvalue weighted by Gasteiger charge is -2.15. The summed E-state index contributed by atoms with van der Waals surface area (Å²) in [4.78, 5) is 22.7. The number of aliphatic hydroxyl groups is 2. The molecule has 2 heterocycles. The number of aromatic nitrogens is 2. The van der Waals surface area contributed by atoms with Crippen molar-refractivity contribution in [1.82, 2.24) is 9.97 Å². The van der Waals surface area contributed by atoms with Crippen LogP contribution in [0.5, 0.6) is 0 Å². The van der Waals surface area contributed by atoms with Gasteiger partial charge >= 0.3 is 10.3 Å². The van der Waals surface area contributed by atoms with Crippen molar-refractivity contribution in [2.24, 2.45) is 11.1 Å². The van der Waals surface area contributed by atoms with E-state index in [9.17, 15) is 23.4 Å². The Morgan fingerprint density at radius 3 is 2.83 bits per heavy atom. The summed E-state index contributed by atoms with van der Waals surface area (Å²) >= 11 is 7.29. The van der Waals surface area contributed by atoms with E-state index >= 15 is 0 Å². The molecule has 0 bridgehead atoms. The summed E-state index contributed by atoms with van der Waals surface area (Å²) in [6.45, 7) is -0.436. The minimum atomic E-state index is -4.11. The molecule has 2 aromatic heterocycles. The summed E-state index contributed by atoms with van der Waals surface area (Å²) < 4.78 is 26.8. The van der Waals surface area contributed by atoms with Gasteiger partial charge in [-0.25, -0.2) is 15.1 Å². The van der Waals surface area contributed by atoms with Gasteiger partial charge in [-0.2, -0.15) is 8.42 Å². The first kappa shape index (κ1) is 26.6. The molecule has 1 saturated carbocycles. The molecule has 36 heavy (non-hydrogen) atoms. The number of carbonyl (C=O) groups is 1. The molecule has 1 aliphatic carbocycles. The molecule has 1 aromatic carbocycles. The van der Waals surface area contributed by atoms with Crippen LogP contribution in [0.2, 0.25) is 5.02 Å². The van der Waals surface area contributed by atoms with Gasteiger partial charge in [0.1, 0.15) is 12.1 Å². The molecule has 0 radical (unpaired) electrons. The molecule has 5 N–H and O–H groups in total. The summed E-state index contributed by atoms with van der Waals surface area (Å²) in [5.74, 6) is -0.446. The maximum atomic E-state index is 13.4. The molecule has 0 spiro atoms. The minimum absolute atomic E-state index is 0.202. The smallest absolute Gasteiger partial charge is 0.333 e. The van der Waals surface area contributed by atoms with Crippen molar-refractivity contribution in [3.8, 4) is 0 Å². The third kappa shape index (κ3) is 6.65. The fourth-order valence-electron chi connectivity index (χ4n) is 4.25. The third-order valence-corrected chi connectivity index (χ3v) is 7.81. The zero-order chi connectivity index (χ0) is 25.9. The highest BCUT2D eigenvalue weighted by atomic mass is 35.5. The number of hydrogen-bond acceptors (Lipinski definition) is 10. The molecule has 1 aliphatic rings. The Morgan fingerprint density at radius 1 is 1.31 bits per heavy atom. The lowest BCUT2D eigenvalue weighted by atomic mass is 10.0. The van der Waals surface area contributed by atoms with Gasteiger partial charge in [-0.05, 0) is 48.6 Å². The summed E-state index contributed by atoms with van der Waals surface area (Å²) in [7, 11) is -4.11. The summed E-state index contributed by atoms with van der Waals surface area (Å²) in [5, 5.41) is 28.8. The molecule has 0 amide bonds. The zero-order valence-electron chi connectivity index (χ0n) is 19.0. The van der Waals surface area contributed by atoms with Crippen molar-refractivity contribution in [3.05, 3.63) is 74.3 Å². The van der Waals surface area contributed by atoms with Gasteiger partial charge in [-0.15, -0.1) is 11.3 Å². The van der Waals surface area contributed by atoms with Gasteiger partial charge in [-0.3, -0.25) is 8.98 Å². The number of anilines is 1. The Labute approximate surface area is 217 Å². The third-order valence-electron chi connectivity index (χ3n) is 5.95. The average Bonchev–Trinajstić information content (AvgIpc) is 3.39. The van der Waals surface area contributed by atoms with Crippen molar-refractivity contribution in [1.29, 1.82) is 0 Å². The van der Waals surface area contributed by atoms with Gasteiger partial charge in [-0.1, -0.05) is 23.7 Å². The number of nitrogens with zero attached hydrogens (tertiary/aromatic N) is 2. The van der Waals surface area contributed by atoms with E-state index in [4.69, 9.17) is 16.7 Å². The number of halogens is 1. The molecule has 3 aromatic rings. The van der Waals surface area contributed by atoms with Crippen LogP contribution in [0.25, 0.3) is 0 Å². The Balaban J connectivity index is 1.50. The fourth-order valence-corrected chi connectivity index (χ4v) is 5.82. The van der Waals surface area contributed by atoms with Gasteiger partial charge < -0.3 is 15.5 Å². The molecule has 0 aliphatic heterocycles. The van der Waals surface area contributed by atoms with E-state index in [-0.39, 0.29) is 30.6 Å². The molecule has 0 saturated heterocycles. The molecular formula is C23H25ClN4O6S2. The number of aliphatic hydroxyl groups excluding tert-OH is 2. The standard InChI is InChI=1S/C23H25ClN4O6S2/c24-16-3-1-2-13(5-16)4-14-7-20(35-21(14)10-29)22(31)18-9-26-12-27-23(18)28-17-6-15(19(30)8-17)11-34-36(25,32)33/h1-3,5,7,9,12,15,17,19,29-30H,4,6,8,10-11H2,(H2,25,32,33)(H,26,27,28)/t15?,17-,19+/m1/s1. The van der Waals surface area contributed by atoms with E-state index in [0.717, 1.165) is 11.1 Å². The first-order valence-corrected chi connectivity index (χ1v) is 13.7. The van der Waals surface area contributed by atoms with Gasteiger partial charge in [0, 0.05) is 28.1 Å². The van der Waals surface area contributed by atoms with E-state index in [1.807, 2.05) is 18.2 Å². The van der Waals surface area contributed by atoms with Crippen LogP contribution in [0.1, 0.15) is 44.1 Å². The predicted molar refractivity (Wildman–Crippen MR) is 135 cm³/mol. The highest BCUT2D eigenvalue weighted by molar-refractivity contribution is 7.84. The Hall–Kier alpha value is -2.45. The lowest BCUT2D eigenvalue weighted by molar-refractivity contribution is 0.101. The number of rotatable bonds is 10. The normalized spacial score (nSPS) is 19.9. The maximum Gasteiger partial charge on any atom is 0.333 e. The molecular weight excluding hydrogens is 528 g/mol. The fraction of sp³-hybridized carbons (Fsp3) is 0.348. The first-order valence-electron chi connectivity index (χ1n) is 11.1. The highest BCUT2D eigenvalue weighted by Crippen LogP contribution is 2.32. The number of hydrogen-bond donors (Lipinski definition) is 4. The molecule has 1 fully saturated rings. The van der Waals surface area contributed by atoms with E-state index in [1.165, 1.54) is 23.9 Å². The SMILES string of the molecule is NS(=O)(=O)OCC1C[C@@H](Nc2ncncc2C(=O)c2cc(Cc3cccc(Cl)c3)c(CO)s2)C[C@@H]1O. The van der Waals surface area contributed by atoms with Crippen LogP contribution >= 0.6 is 22.9 Å². The molecule has 4 rings (SSSR count). The molecule has 192 valence electrons. The quantitative estimate of drug-likeness (QED) is 0.276. The summed E-state index contributed by atoms with van der Waals surface area (Å²) in [6, 6.07) is 8.88. The monoisotopic (exact) mass is 552 g/mol. The second kappa shape index (κ2) is 11.3. The Morgan fingerprint density at radius 2 is 2.11 bits per heavy atom. The highest BCUT2D eigenvalue weighted by Gasteiger charge is 2.35. The second-order valence-electron chi connectivity index (χ2n) is 8.56. The molecule has 3 atom stereocenters. The molecule has 13 heteroatoms. The van der Waals surface area contributed by atoms with Crippen LogP contribution in [0, 0.1) is 5.92 Å². The number of ketones is 1. The Bertz CT molecular complexity index is 1350. The molecule has 1 unspecified atom stereocenters. The number of carbonyl (C=O) groups excluding carboxylic acids is 1. The zero-order valence-corrected chi connectivity index (χ0v) is 21.4. The number of nitrogens with two attached hydrogens (primary N) is 1. The number of thiophene rings is 1. The van der Waals surface area contributed by atoms with Crippen LogP contribution in [-0.2, 0) is 27.5 Å². The minimum Gasteiger partial charge on any atom is -0.393 e. The summed E-state index contributed by atoms with van der Waals surface area (Å²) in [5.41, 5.74) is 2.03. The second-order valence-corrected chi connectivity index (χ2v) is 11.3. The van der Waals surface area contributed by atoms with E-state index in [0.29, 0.717) is 39.9 Å².